The van der Waals surface area contributed by atoms with Crippen molar-refractivity contribution in [3.63, 3.8) is 0 Å². The van der Waals surface area contributed by atoms with E-state index >= 15 is 0 Å². The first-order valence-corrected chi connectivity index (χ1v) is 12.0. The highest BCUT2D eigenvalue weighted by Gasteiger charge is 2.27. The molecule has 1 heterocycles. The van der Waals surface area contributed by atoms with Gasteiger partial charge in [0.25, 0.3) is 5.91 Å². The van der Waals surface area contributed by atoms with Crippen molar-refractivity contribution in [3.05, 3.63) is 77.4 Å². The van der Waals surface area contributed by atoms with Crippen LogP contribution in [0.4, 0.5) is 5.69 Å². The maximum Gasteiger partial charge on any atom is 0.251 e. The summed E-state index contributed by atoms with van der Waals surface area (Å²) in [5.41, 5.74) is 2.39. The van der Waals surface area contributed by atoms with Gasteiger partial charge in [0.15, 0.2) is 0 Å². The van der Waals surface area contributed by atoms with Crippen LogP contribution < -0.4 is 19.7 Å². The topological polar surface area (TPSA) is 84.9 Å². The SMILES string of the molecule is CCN1C(=O)Cc2ccccc2S(=O)c2ccc(C(=O)NCc3cc(OC)ccc3OC)cc21. The van der Waals surface area contributed by atoms with Crippen molar-refractivity contribution in [3.8, 4) is 11.5 Å². The quantitative estimate of drug-likeness (QED) is 0.584. The zero-order valence-electron chi connectivity index (χ0n) is 19.3. The molecule has 2 amide bonds. The Morgan fingerprint density at radius 3 is 2.56 bits per heavy atom. The van der Waals surface area contributed by atoms with E-state index in [1.807, 2.05) is 25.1 Å². The number of nitrogens with one attached hydrogen (secondary N) is 1. The second-order valence-corrected chi connectivity index (χ2v) is 9.15. The fourth-order valence-corrected chi connectivity index (χ4v) is 5.38. The Kier molecular flexibility index (Phi) is 6.98. The van der Waals surface area contributed by atoms with E-state index in [0.29, 0.717) is 39.1 Å². The summed E-state index contributed by atoms with van der Waals surface area (Å²) in [6.07, 6.45) is 0.154. The highest BCUT2D eigenvalue weighted by molar-refractivity contribution is 7.85. The number of anilines is 1. The van der Waals surface area contributed by atoms with Crippen LogP contribution in [0.1, 0.15) is 28.4 Å². The number of nitrogens with zero attached hydrogens (tertiary/aromatic N) is 1. The van der Waals surface area contributed by atoms with Crippen LogP contribution in [-0.4, -0.2) is 36.8 Å². The molecule has 8 heteroatoms. The van der Waals surface area contributed by atoms with Gasteiger partial charge in [-0.1, -0.05) is 18.2 Å². The number of carbonyl (C=O) groups is 2. The Hall–Kier alpha value is -3.65. The normalized spacial score (nSPS) is 15.0. The molecular weight excluding hydrogens is 452 g/mol. The minimum absolute atomic E-state index is 0.105. The van der Waals surface area contributed by atoms with Gasteiger partial charge < -0.3 is 19.7 Å². The molecule has 0 saturated carbocycles. The molecule has 1 N–H and O–H groups in total. The van der Waals surface area contributed by atoms with Gasteiger partial charge in [-0.05, 0) is 55.0 Å². The van der Waals surface area contributed by atoms with Gasteiger partial charge in [0.1, 0.15) is 11.5 Å². The van der Waals surface area contributed by atoms with Crippen molar-refractivity contribution in [2.45, 2.75) is 29.7 Å². The van der Waals surface area contributed by atoms with E-state index in [4.69, 9.17) is 9.47 Å². The number of benzene rings is 3. The predicted molar refractivity (Wildman–Crippen MR) is 130 cm³/mol. The van der Waals surface area contributed by atoms with Crippen LogP contribution >= 0.6 is 0 Å². The Labute approximate surface area is 201 Å². The molecule has 34 heavy (non-hydrogen) atoms. The Morgan fingerprint density at radius 2 is 1.82 bits per heavy atom. The molecule has 0 fully saturated rings. The molecule has 0 spiro atoms. The third-order valence-electron chi connectivity index (χ3n) is 5.77. The first kappa shape index (κ1) is 23.5. The van der Waals surface area contributed by atoms with Gasteiger partial charge in [0, 0.05) is 29.1 Å². The highest BCUT2D eigenvalue weighted by atomic mass is 32.2. The number of fused-ring (bicyclic) bond motifs is 2. The van der Waals surface area contributed by atoms with Gasteiger partial charge in [-0.3, -0.25) is 9.59 Å². The zero-order valence-corrected chi connectivity index (χ0v) is 20.1. The van der Waals surface area contributed by atoms with Gasteiger partial charge in [0.05, 0.1) is 42.0 Å². The van der Waals surface area contributed by atoms with E-state index in [1.165, 1.54) is 0 Å². The lowest BCUT2D eigenvalue weighted by atomic mass is 10.1. The highest BCUT2D eigenvalue weighted by Crippen LogP contribution is 2.33. The van der Waals surface area contributed by atoms with Crippen LogP contribution in [0.2, 0.25) is 0 Å². The second kappa shape index (κ2) is 10.1. The van der Waals surface area contributed by atoms with Crippen LogP contribution in [0, 0.1) is 0 Å². The summed E-state index contributed by atoms with van der Waals surface area (Å²) in [4.78, 5) is 28.8. The van der Waals surface area contributed by atoms with Gasteiger partial charge in [-0.25, -0.2) is 4.21 Å². The van der Waals surface area contributed by atoms with E-state index in [0.717, 1.165) is 11.1 Å². The van der Waals surface area contributed by atoms with E-state index in [-0.39, 0.29) is 24.8 Å². The summed E-state index contributed by atoms with van der Waals surface area (Å²) < 4.78 is 24.1. The van der Waals surface area contributed by atoms with Crippen molar-refractivity contribution < 1.29 is 23.3 Å². The molecule has 0 aliphatic carbocycles. The third kappa shape index (κ3) is 4.54. The van der Waals surface area contributed by atoms with Crippen LogP contribution in [0.15, 0.2) is 70.5 Å². The number of amides is 2. The summed E-state index contributed by atoms with van der Waals surface area (Å²) in [7, 11) is 1.67. The third-order valence-corrected chi connectivity index (χ3v) is 7.31. The Morgan fingerprint density at radius 1 is 1.03 bits per heavy atom. The number of hydrogen-bond donors (Lipinski definition) is 1. The van der Waals surface area contributed by atoms with E-state index in [2.05, 4.69) is 5.32 Å². The summed E-state index contributed by atoms with van der Waals surface area (Å²) in [5, 5.41) is 2.89. The zero-order chi connectivity index (χ0) is 24.2. The molecule has 4 rings (SSSR count). The van der Waals surface area contributed by atoms with Crippen molar-refractivity contribution in [1.29, 1.82) is 0 Å². The molecule has 0 bridgehead atoms. The van der Waals surface area contributed by atoms with E-state index in [9.17, 15) is 13.8 Å². The molecule has 7 nitrogen and oxygen atoms in total. The second-order valence-electron chi connectivity index (χ2n) is 7.73. The van der Waals surface area contributed by atoms with Gasteiger partial charge in [0.2, 0.25) is 5.91 Å². The van der Waals surface area contributed by atoms with Crippen LogP contribution in [-0.2, 0) is 28.6 Å². The molecule has 1 atom stereocenters. The monoisotopic (exact) mass is 478 g/mol. The van der Waals surface area contributed by atoms with Crippen LogP contribution in [0.3, 0.4) is 0 Å². The smallest absolute Gasteiger partial charge is 0.251 e. The number of methoxy groups -OCH3 is 2. The predicted octanol–water partition coefficient (Wildman–Crippen LogP) is 3.71. The number of rotatable bonds is 6. The summed E-state index contributed by atoms with van der Waals surface area (Å²) in [6.45, 7) is 2.49. The van der Waals surface area contributed by atoms with Crippen molar-refractivity contribution in [2.75, 3.05) is 25.7 Å². The minimum atomic E-state index is -1.47. The maximum atomic E-state index is 13.4. The molecule has 1 aliphatic rings. The lowest BCUT2D eigenvalue weighted by Gasteiger charge is -2.27. The summed E-state index contributed by atoms with van der Waals surface area (Å²) >= 11 is 0. The lowest BCUT2D eigenvalue weighted by molar-refractivity contribution is -0.118. The van der Waals surface area contributed by atoms with Crippen molar-refractivity contribution in [2.24, 2.45) is 0 Å². The molecule has 0 saturated heterocycles. The number of likely N-dealkylation sites (N-methyl/N-ethyl adjacent to an activating group) is 1. The van der Waals surface area contributed by atoms with Crippen LogP contribution in [0.25, 0.3) is 0 Å². The average molecular weight is 479 g/mol. The molecule has 3 aromatic carbocycles. The molecule has 3 aromatic rings. The van der Waals surface area contributed by atoms with Gasteiger partial charge in [-0.15, -0.1) is 0 Å². The standard InChI is InChI=1S/C26H26N2O5S/c1-4-28-21-14-18(26(30)27-16-19-13-20(32-2)10-11-22(19)33-3)9-12-24(21)34(31)23-8-6-5-7-17(23)15-25(28)29/h5-14H,4,15-16H2,1-3H3,(H,27,30). The number of hydrogen-bond acceptors (Lipinski definition) is 5. The molecule has 176 valence electrons. The number of carbonyl (C=O) groups excluding carboxylic acids is 2. The van der Waals surface area contributed by atoms with Crippen molar-refractivity contribution >= 4 is 28.3 Å². The average Bonchev–Trinajstić information content (AvgIpc) is 2.86. The van der Waals surface area contributed by atoms with Crippen molar-refractivity contribution in [1.82, 2.24) is 5.32 Å². The van der Waals surface area contributed by atoms with Gasteiger partial charge >= 0.3 is 0 Å². The fourth-order valence-electron chi connectivity index (χ4n) is 4.01. The molecule has 0 radical (unpaired) electrons. The van der Waals surface area contributed by atoms with Gasteiger partial charge in [-0.2, -0.15) is 0 Å². The lowest BCUT2D eigenvalue weighted by Crippen LogP contribution is -2.34. The first-order valence-electron chi connectivity index (χ1n) is 10.9. The summed E-state index contributed by atoms with van der Waals surface area (Å²) in [6, 6.07) is 17.6. The maximum absolute atomic E-state index is 13.4. The molecule has 1 aliphatic heterocycles. The molecule has 0 aromatic heterocycles. The Balaban J connectivity index is 1.65. The fraction of sp³-hybridized carbons (Fsp3) is 0.231. The number of ether oxygens (including phenoxy) is 2. The minimum Gasteiger partial charge on any atom is -0.497 e. The van der Waals surface area contributed by atoms with E-state index < -0.39 is 10.8 Å². The van der Waals surface area contributed by atoms with Crippen LogP contribution in [0.5, 0.6) is 11.5 Å². The molecule has 1 unspecified atom stereocenters. The van der Waals surface area contributed by atoms with E-state index in [1.54, 1.807) is 61.6 Å². The first-order chi connectivity index (χ1) is 16.5. The largest absolute Gasteiger partial charge is 0.497 e. The Bertz CT molecular complexity index is 1270. The summed E-state index contributed by atoms with van der Waals surface area (Å²) in [5.74, 6) is 0.873. The molecular formula is C26H26N2O5S.